The Kier molecular flexibility index (Phi) is 3.09. The fourth-order valence-corrected chi connectivity index (χ4v) is 2.37. The number of carbonyl (C=O) groups is 1. The summed E-state index contributed by atoms with van der Waals surface area (Å²) >= 11 is 0. The third-order valence-electron chi connectivity index (χ3n) is 3.67. The molecule has 1 aromatic carbocycles. The maximum atomic E-state index is 10.8. The van der Waals surface area contributed by atoms with Crippen LogP contribution in [0, 0.1) is 5.92 Å². The predicted molar refractivity (Wildman–Crippen MR) is 68.5 cm³/mol. The number of benzene rings is 1. The average Bonchev–Trinajstić information content (AvgIpc) is 2.55. The number of rotatable bonds is 3. The van der Waals surface area contributed by atoms with Crippen LogP contribution in [0.15, 0.2) is 18.2 Å². The molecule has 2 rings (SSSR count). The molecule has 1 aromatic rings. The molecule has 3 heteroatoms. The fraction of sp³-hybridized carbons (Fsp3) is 0.500. The maximum Gasteiger partial charge on any atom is 0.306 e. The van der Waals surface area contributed by atoms with Crippen LogP contribution in [0.25, 0.3) is 0 Å². The number of fused-ring (bicyclic) bond motifs is 1. The predicted octanol–water partition coefficient (Wildman–Crippen LogP) is 2.33. The molecular weight excluding hydrogens is 214 g/mol. The van der Waals surface area contributed by atoms with Gasteiger partial charge >= 0.3 is 5.97 Å². The first-order chi connectivity index (χ1) is 7.99. The quantitative estimate of drug-likeness (QED) is 0.871. The third-order valence-corrected chi connectivity index (χ3v) is 3.67. The van der Waals surface area contributed by atoms with Crippen LogP contribution in [0.2, 0.25) is 0 Å². The van der Waals surface area contributed by atoms with Gasteiger partial charge in [0.1, 0.15) is 0 Å². The van der Waals surface area contributed by atoms with Crippen molar-refractivity contribution < 1.29 is 9.90 Å². The van der Waals surface area contributed by atoms with E-state index in [9.17, 15) is 4.79 Å². The standard InChI is InChI=1S/C14H19NO2/c1-9(14(16)17)6-11-4-5-12-7-10(2)15(3)13(12)8-11/h4-5,8-10H,6-7H2,1-3H3,(H,16,17). The van der Waals surface area contributed by atoms with Gasteiger partial charge in [0.15, 0.2) is 0 Å². The van der Waals surface area contributed by atoms with Gasteiger partial charge in [0.25, 0.3) is 0 Å². The van der Waals surface area contributed by atoms with E-state index in [4.69, 9.17) is 5.11 Å². The Morgan fingerprint density at radius 2 is 2.29 bits per heavy atom. The number of hydrogen-bond acceptors (Lipinski definition) is 2. The zero-order valence-electron chi connectivity index (χ0n) is 10.6. The normalized spacial score (nSPS) is 20.2. The lowest BCUT2D eigenvalue weighted by molar-refractivity contribution is -0.141. The topological polar surface area (TPSA) is 40.5 Å². The van der Waals surface area contributed by atoms with E-state index in [1.807, 2.05) is 0 Å². The minimum Gasteiger partial charge on any atom is -0.481 e. The molecule has 0 fully saturated rings. The number of likely N-dealkylation sites (N-methyl/N-ethyl adjacent to an activating group) is 1. The maximum absolute atomic E-state index is 10.8. The molecule has 1 heterocycles. The van der Waals surface area contributed by atoms with E-state index in [2.05, 4.69) is 37.1 Å². The molecule has 0 radical (unpaired) electrons. The molecule has 1 N–H and O–H groups in total. The van der Waals surface area contributed by atoms with E-state index in [1.54, 1.807) is 6.92 Å². The molecule has 0 aromatic heterocycles. The summed E-state index contributed by atoms with van der Waals surface area (Å²) in [5, 5.41) is 8.92. The van der Waals surface area contributed by atoms with Crippen molar-refractivity contribution in [3.8, 4) is 0 Å². The van der Waals surface area contributed by atoms with E-state index < -0.39 is 5.97 Å². The Morgan fingerprint density at radius 1 is 1.59 bits per heavy atom. The third kappa shape index (κ3) is 2.28. The van der Waals surface area contributed by atoms with Crippen LogP contribution in [0.4, 0.5) is 5.69 Å². The Hall–Kier alpha value is -1.51. The molecule has 1 aliphatic rings. The minimum atomic E-state index is -0.729. The summed E-state index contributed by atoms with van der Waals surface area (Å²) < 4.78 is 0. The zero-order valence-corrected chi connectivity index (χ0v) is 10.6. The molecule has 92 valence electrons. The highest BCUT2D eigenvalue weighted by molar-refractivity contribution is 5.70. The van der Waals surface area contributed by atoms with Crippen molar-refractivity contribution in [1.82, 2.24) is 0 Å². The first kappa shape index (κ1) is 12.0. The van der Waals surface area contributed by atoms with Gasteiger partial charge in [-0.05, 0) is 37.0 Å². The summed E-state index contributed by atoms with van der Waals surface area (Å²) in [5.41, 5.74) is 3.74. The van der Waals surface area contributed by atoms with Crippen LogP contribution in [0.5, 0.6) is 0 Å². The van der Waals surface area contributed by atoms with Crippen LogP contribution < -0.4 is 4.90 Å². The summed E-state index contributed by atoms with van der Waals surface area (Å²) in [7, 11) is 2.10. The van der Waals surface area contributed by atoms with Gasteiger partial charge in [-0.2, -0.15) is 0 Å². The molecule has 0 spiro atoms. The highest BCUT2D eigenvalue weighted by Crippen LogP contribution is 2.32. The van der Waals surface area contributed by atoms with Gasteiger partial charge in [-0.3, -0.25) is 4.79 Å². The van der Waals surface area contributed by atoms with Gasteiger partial charge in [-0.1, -0.05) is 19.1 Å². The molecule has 0 saturated carbocycles. The number of carboxylic acid groups (broad SMARTS) is 1. The molecule has 1 aliphatic heterocycles. The van der Waals surface area contributed by atoms with Gasteiger partial charge in [-0.15, -0.1) is 0 Å². The first-order valence-electron chi connectivity index (χ1n) is 6.06. The lowest BCUT2D eigenvalue weighted by Gasteiger charge is -2.19. The summed E-state index contributed by atoms with van der Waals surface area (Å²) in [6, 6.07) is 6.87. The number of aliphatic carboxylic acids is 1. The summed E-state index contributed by atoms with van der Waals surface area (Å²) in [6.07, 6.45) is 1.69. The molecule has 2 unspecified atom stereocenters. The molecule has 2 atom stereocenters. The number of anilines is 1. The second-order valence-corrected chi connectivity index (χ2v) is 5.07. The second kappa shape index (κ2) is 4.40. The molecule has 0 aliphatic carbocycles. The Balaban J connectivity index is 2.20. The van der Waals surface area contributed by atoms with Gasteiger partial charge in [0.2, 0.25) is 0 Å². The van der Waals surface area contributed by atoms with Gasteiger partial charge in [0, 0.05) is 18.8 Å². The molecule has 0 saturated heterocycles. The van der Waals surface area contributed by atoms with Crippen LogP contribution in [-0.2, 0) is 17.6 Å². The summed E-state index contributed by atoms with van der Waals surface area (Å²) in [5.74, 6) is -1.05. The monoisotopic (exact) mass is 233 g/mol. The van der Waals surface area contributed by atoms with Crippen molar-refractivity contribution in [3.63, 3.8) is 0 Å². The van der Waals surface area contributed by atoms with Crippen molar-refractivity contribution >= 4 is 11.7 Å². The number of nitrogens with zero attached hydrogens (tertiary/aromatic N) is 1. The highest BCUT2D eigenvalue weighted by atomic mass is 16.4. The highest BCUT2D eigenvalue weighted by Gasteiger charge is 2.23. The largest absolute Gasteiger partial charge is 0.481 e. The fourth-order valence-electron chi connectivity index (χ4n) is 2.37. The van der Waals surface area contributed by atoms with Crippen molar-refractivity contribution in [2.75, 3.05) is 11.9 Å². The summed E-state index contributed by atoms with van der Waals surface area (Å²) in [6.45, 7) is 3.96. The Bertz CT molecular complexity index is 442. The smallest absolute Gasteiger partial charge is 0.306 e. The van der Waals surface area contributed by atoms with Crippen LogP contribution in [0.1, 0.15) is 25.0 Å². The van der Waals surface area contributed by atoms with E-state index in [1.165, 1.54) is 11.3 Å². The molecule has 0 bridgehead atoms. The van der Waals surface area contributed by atoms with Crippen LogP contribution in [0.3, 0.4) is 0 Å². The van der Waals surface area contributed by atoms with Gasteiger partial charge in [0.05, 0.1) is 5.92 Å². The lowest BCUT2D eigenvalue weighted by Crippen LogP contribution is -2.23. The van der Waals surface area contributed by atoms with E-state index >= 15 is 0 Å². The molecule has 3 nitrogen and oxygen atoms in total. The van der Waals surface area contributed by atoms with Crippen molar-refractivity contribution in [2.45, 2.75) is 32.7 Å². The zero-order chi connectivity index (χ0) is 12.6. The molecule has 0 amide bonds. The summed E-state index contributed by atoms with van der Waals surface area (Å²) in [4.78, 5) is 13.1. The second-order valence-electron chi connectivity index (χ2n) is 5.07. The molecular formula is C14H19NO2. The van der Waals surface area contributed by atoms with E-state index in [0.29, 0.717) is 12.5 Å². The van der Waals surface area contributed by atoms with Crippen molar-refractivity contribution in [3.05, 3.63) is 29.3 Å². The number of carboxylic acids is 1. The average molecular weight is 233 g/mol. The van der Waals surface area contributed by atoms with Crippen molar-refractivity contribution in [2.24, 2.45) is 5.92 Å². The van der Waals surface area contributed by atoms with Gasteiger partial charge in [-0.25, -0.2) is 0 Å². The SMILES string of the molecule is CC(Cc1ccc2c(c1)N(C)C(C)C2)C(=O)O. The van der Waals surface area contributed by atoms with Crippen LogP contribution in [-0.4, -0.2) is 24.2 Å². The van der Waals surface area contributed by atoms with Crippen LogP contribution >= 0.6 is 0 Å². The lowest BCUT2D eigenvalue weighted by atomic mass is 9.99. The van der Waals surface area contributed by atoms with E-state index in [0.717, 1.165) is 12.0 Å². The Morgan fingerprint density at radius 3 is 2.94 bits per heavy atom. The first-order valence-corrected chi connectivity index (χ1v) is 6.06. The Labute approximate surface area is 102 Å². The van der Waals surface area contributed by atoms with Crippen molar-refractivity contribution in [1.29, 1.82) is 0 Å². The van der Waals surface area contributed by atoms with Gasteiger partial charge < -0.3 is 10.0 Å². The van der Waals surface area contributed by atoms with E-state index in [-0.39, 0.29) is 5.92 Å². The number of hydrogen-bond donors (Lipinski definition) is 1. The molecule has 17 heavy (non-hydrogen) atoms. The minimum absolute atomic E-state index is 0.322.